The van der Waals surface area contributed by atoms with Crippen LogP contribution in [0.5, 0.6) is 0 Å². The molecule has 0 radical (unpaired) electrons. The second kappa shape index (κ2) is 36.3. The Hall–Kier alpha value is -2.73. The van der Waals surface area contributed by atoms with E-state index in [1.54, 1.807) is 0 Å². The summed E-state index contributed by atoms with van der Waals surface area (Å²) in [5, 5.41) is 10.5. The van der Waals surface area contributed by atoms with Crippen LogP contribution in [0, 0.1) is 0 Å². The molecule has 0 fully saturated rings. The van der Waals surface area contributed by atoms with Crippen LogP contribution >= 0.6 is 0 Å². The number of ether oxygens (including phenoxy) is 6. The highest BCUT2D eigenvalue weighted by atomic mass is 16.6. The normalized spacial score (nSPS) is 12.3. The maximum atomic E-state index is 12.7. The third-order valence-corrected chi connectivity index (χ3v) is 8.81. The Labute approximate surface area is 320 Å². The second-order valence-corrected chi connectivity index (χ2v) is 14.0. The van der Waals surface area contributed by atoms with Crippen LogP contribution in [0.3, 0.4) is 0 Å². The molecule has 12 heteroatoms. The molecule has 0 saturated heterocycles. The summed E-state index contributed by atoms with van der Waals surface area (Å²) in [6.45, 7) is 5.90. The molecule has 12 nitrogen and oxygen atoms in total. The van der Waals surface area contributed by atoms with Gasteiger partial charge in [0.2, 0.25) is 0 Å². The van der Waals surface area contributed by atoms with E-state index in [2.05, 4.69) is 20.8 Å². The molecule has 0 aromatic rings. The van der Waals surface area contributed by atoms with Crippen molar-refractivity contribution in [2.45, 2.75) is 200 Å². The molecule has 0 aromatic carbocycles. The topological polar surface area (TPSA) is 161 Å². The van der Waals surface area contributed by atoms with Crippen molar-refractivity contribution < 1.29 is 57.5 Å². The van der Waals surface area contributed by atoms with E-state index in [1.165, 1.54) is 26.4 Å². The second-order valence-electron chi connectivity index (χ2n) is 14.0. The van der Waals surface area contributed by atoms with Crippen LogP contribution in [0.4, 0.5) is 0 Å². The van der Waals surface area contributed by atoms with E-state index in [0.717, 1.165) is 83.5 Å². The minimum Gasteiger partial charge on any atom is -0.462 e. The molecule has 0 aliphatic carbocycles. The highest BCUT2D eigenvalue weighted by molar-refractivity contribution is 5.72. The first kappa shape index (κ1) is 50.3. The predicted molar refractivity (Wildman–Crippen MR) is 203 cm³/mol. The first-order valence-electron chi connectivity index (χ1n) is 20.7. The van der Waals surface area contributed by atoms with E-state index in [4.69, 9.17) is 28.4 Å². The fourth-order valence-electron chi connectivity index (χ4n) is 5.54. The van der Waals surface area contributed by atoms with Gasteiger partial charge in [-0.15, -0.1) is 0 Å². The summed E-state index contributed by atoms with van der Waals surface area (Å²) in [6, 6.07) is 0. The predicted octanol–water partition coefficient (Wildman–Crippen LogP) is 8.26. The molecule has 0 bridgehead atoms. The van der Waals surface area contributed by atoms with Gasteiger partial charge in [-0.25, -0.2) is 0 Å². The van der Waals surface area contributed by atoms with Crippen molar-refractivity contribution in [1.29, 1.82) is 0 Å². The molecule has 1 N–H and O–H groups in total. The van der Waals surface area contributed by atoms with E-state index < -0.39 is 42.2 Å². The molecule has 0 saturated carbocycles. The SMILES string of the molecule is CCCCCCCCC(=O)OCC(COC)OC(=O)CCC(O)CCC(=O)OC(COC(=O)CCCCCCCC)COC(=O)CCCCCCCC. The van der Waals surface area contributed by atoms with E-state index in [0.29, 0.717) is 19.3 Å². The van der Waals surface area contributed by atoms with Crippen molar-refractivity contribution in [3.8, 4) is 0 Å². The monoisotopic (exact) mass is 759 g/mol. The van der Waals surface area contributed by atoms with Gasteiger partial charge in [0.1, 0.15) is 19.8 Å². The van der Waals surface area contributed by atoms with Gasteiger partial charge in [0.05, 0.1) is 12.7 Å². The van der Waals surface area contributed by atoms with Crippen LogP contribution in [0.15, 0.2) is 0 Å². The summed E-state index contributed by atoms with van der Waals surface area (Å²) in [5.41, 5.74) is 0. The van der Waals surface area contributed by atoms with E-state index in [1.807, 2.05) is 0 Å². The Morgan fingerprint density at radius 2 is 0.717 bits per heavy atom. The zero-order valence-electron chi connectivity index (χ0n) is 33.7. The van der Waals surface area contributed by atoms with Crippen molar-refractivity contribution in [2.75, 3.05) is 33.5 Å². The lowest BCUT2D eigenvalue weighted by Gasteiger charge is -2.19. The van der Waals surface area contributed by atoms with Gasteiger partial charge in [-0.1, -0.05) is 117 Å². The number of aliphatic hydroxyl groups excluding tert-OH is 1. The molecular formula is C41H74O12. The smallest absolute Gasteiger partial charge is 0.306 e. The average molecular weight is 759 g/mol. The molecule has 0 heterocycles. The third kappa shape index (κ3) is 33.6. The largest absolute Gasteiger partial charge is 0.462 e. The first-order valence-corrected chi connectivity index (χ1v) is 20.7. The highest BCUT2D eigenvalue weighted by Crippen LogP contribution is 2.13. The molecule has 2 atom stereocenters. The fourth-order valence-corrected chi connectivity index (χ4v) is 5.54. The number of rotatable bonds is 37. The Kier molecular flexibility index (Phi) is 34.4. The van der Waals surface area contributed by atoms with Crippen molar-refractivity contribution in [3.63, 3.8) is 0 Å². The van der Waals surface area contributed by atoms with E-state index in [-0.39, 0.29) is 70.9 Å². The lowest BCUT2D eigenvalue weighted by atomic mass is 10.1. The number of esters is 5. The summed E-state index contributed by atoms with van der Waals surface area (Å²) in [6.07, 6.45) is 16.5. The summed E-state index contributed by atoms with van der Waals surface area (Å²) in [7, 11) is 1.45. The van der Waals surface area contributed by atoms with Gasteiger partial charge >= 0.3 is 29.8 Å². The van der Waals surface area contributed by atoms with Crippen LogP contribution < -0.4 is 0 Å². The number of unbranched alkanes of at least 4 members (excludes halogenated alkanes) is 15. The minimum absolute atomic E-state index is 0.0199. The maximum Gasteiger partial charge on any atom is 0.306 e. The van der Waals surface area contributed by atoms with Crippen molar-refractivity contribution >= 4 is 29.8 Å². The number of aliphatic hydroxyl groups is 1. The van der Waals surface area contributed by atoms with E-state index >= 15 is 0 Å². The minimum atomic E-state index is -0.991. The summed E-state index contributed by atoms with van der Waals surface area (Å²) < 4.78 is 32.0. The van der Waals surface area contributed by atoms with Crippen LogP contribution in [0.1, 0.15) is 181 Å². The Morgan fingerprint density at radius 1 is 0.415 bits per heavy atom. The number of methoxy groups -OCH3 is 1. The van der Waals surface area contributed by atoms with Gasteiger partial charge < -0.3 is 33.5 Å². The molecule has 0 amide bonds. The average Bonchev–Trinajstić information content (AvgIpc) is 3.14. The molecular weight excluding hydrogens is 684 g/mol. The summed E-state index contributed by atoms with van der Waals surface area (Å²) >= 11 is 0. The molecule has 310 valence electrons. The van der Waals surface area contributed by atoms with Crippen molar-refractivity contribution in [3.05, 3.63) is 0 Å². The summed E-state index contributed by atoms with van der Waals surface area (Å²) in [4.78, 5) is 61.9. The Bertz CT molecular complexity index is 908. The number of carbonyl (C=O) groups excluding carboxylic acids is 5. The molecule has 0 spiro atoms. The van der Waals surface area contributed by atoms with Crippen LogP contribution in [0.25, 0.3) is 0 Å². The van der Waals surface area contributed by atoms with Gasteiger partial charge in [-0.05, 0) is 32.1 Å². The van der Waals surface area contributed by atoms with Crippen molar-refractivity contribution in [2.24, 2.45) is 0 Å². The molecule has 0 aliphatic rings. The lowest BCUT2D eigenvalue weighted by molar-refractivity contribution is -0.167. The lowest BCUT2D eigenvalue weighted by Crippen LogP contribution is -2.31. The quantitative estimate of drug-likeness (QED) is 0.0367. The molecule has 2 unspecified atom stereocenters. The molecule has 53 heavy (non-hydrogen) atoms. The van der Waals surface area contributed by atoms with Gasteiger partial charge in [-0.2, -0.15) is 0 Å². The summed E-state index contributed by atoms with van der Waals surface area (Å²) in [5.74, 6) is -2.40. The van der Waals surface area contributed by atoms with Crippen LogP contribution in [0.2, 0.25) is 0 Å². The zero-order valence-corrected chi connectivity index (χ0v) is 33.7. The Morgan fingerprint density at radius 3 is 1.04 bits per heavy atom. The van der Waals surface area contributed by atoms with E-state index in [9.17, 15) is 29.1 Å². The van der Waals surface area contributed by atoms with Crippen molar-refractivity contribution in [1.82, 2.24) is 0 Å². The standard InChI is InChI=1S/C41H74O12/c1-5-8-11-14-17-20-23-37(43)49-31-35(30-48-4)52-40(46)28-26-34(42)27-29-41(47)53-36(32-50-38(44)24-21-18-15-12-9-6-2)33-51-39(45)25-22-19-16-13-10-7-3/h34-36,42H,5-33H2,1-4H3. The maximum absolute atomic E-state index is 12.7. The van der Waals surface area contributed by atoms with Gasteiger partial charge in [0.25, 0.3) is 0 Å². The molecule has 0 aliphatic heterocycles. The van der Waals surface area contributed by atoms with Crippen LogP contribution in [-0.4, -0.2) is 86.8 Å². The van der Waals surface area contributed by atoms with Gasteiger partial charge in [-0.3, -0.25) is 24.0 Å². The molecule has 0 rings (SSSR count). The van der Waals surface area contributed by atoms with Gasteiger partial charge in [0, 0.05) is 39.2 Å². The number of hydrogen-bond acceptors (Lipinski definition) is 12. The Balaban J connectivity index is 4.69. The molecule has 0 aromatic heterocycles. The zero-order chi connectivity index (χ0) is 39.4. The van der Waals surface area contributed by atoms with Gasteiger partial charge in [0.15, 0.2) is 12.2 Å². The third-order valence-electron chi connectivity index (χ3n) is 8.81. The highest BCUT2D eigenvalue weighted by Gasteiger charge is 2.22. The number of hydrogen-bond donors (Lipinski definition) is 1. The first-order chi connectivity index (χ1) is 25.6. The fraction of sp³-hybridized carbons (Fsp3) is 0.878. The van der Waals surface area contributed by atoms with Crippen LogP contribution in [-0.2, 0) is 52.4 Å². The number of carbonyl (C=O) groups is 5.